The summed E-state index contributed by atoms with van der Waals surface area (Å²) >= 11 is 5.18. The first-order valence-corrected chi connectivity index (χ1v) is 5.12. The van der Waals surface area contributed by atoms with Gasteiger partial charge in [0.25, 0.3) is 0 Å². The normalized spacial score (nSPS) is 18.8. The molecule has 0 fully saturated rings. The predicted octanol–water partition coefficient (Wildman–Crippen LogP) is -0.170. The first kappa shape index (κ1) is 10.9. The van der Waals surface area contributed by atoms with Crippen LogP contribution in [0, 0.1) is 0 Å². The molecule has 6 nitrogen and oxygen atoms in total. The standard InChI is InChI=1S/C9H12N4O2S/c1-6-3-8(16)13-7(10-6)4-12(11-13)5-9(14)15-2/h3-4,10-11H,5H2,1-2H3. The molecule has 0 aromatic rings. The van der Waals surface area contributed by atoms with E-state index < -0.39 is 0 Å². The predicted molar refractivity (Wildman–Crippen MR) is 61.3 cm³/mol. The largest absolute Gasteiger partial charge is 0.468 e. The van der Waals surface area contributed by atoms with Gasteiger partial charge in [0.05, 0.1) is 13.3 Å². The number of carbonyl (C=O) groups excluding carboxylic acids is 1. The Kier molecular flexibility index (Phi) is 2.80. The Morgan fingerprint density at radius 2 is 2.38 bits per heavy atom. The van der Waals surface area contributed by atoms with Gasteiger partial charge in [-0.3, -0.25) is 9.80 Å². The van der Waals surface area contributed by atoms with Gasteiger partial charge in [0.2, 0.25) is 0 Å². The molecular weight excluding hydrogens is 228 g/mol. The van der Waals surface area contributed by atoms with Crippen molar-refractivity contribution in [2.45, 2.75) is 6.92 Å². The fourth-order valence-electron chi connectivity index (χ4n) is 1.45. The highest BCUT2D eigenvalue weighted by atomic mass is 32.1. The number of hydrogen-bond donors (Lipinski definition) is 2. The Bertz CT molecular complexity index is 404. The topological polar surface area (TPSA) is 56.8 Å². The lowest BCUT2D eigenvalue weighted by atomic mass is 10.3. The molecule has 2 heterocycles. The SMILES string of the molecule is COC(=O)CN1C=C2NC(C)=CC(=S)N2N1. The molecule has 0 saturated heterocycles. The maximum atomic E-state index is 11.1. The highest BCUT2D eigenvalue weighted by Gasteiger charge is 2.27. The van der Waals surface area contributed by atoms with E-state index in [1.165, 1.54) is 7.11 Å². The second-order valence-corrected chi connectivity index (χ2v) is 3.86. The van der Waals surface area contributed by atoms with Crippen molar-refractivity contribution in [2.24, 2.45) is 0 Å². The Morgan fingerprint density at radius 3 is 3.06 bits per heavy atom. The number of fused-ring (bicyclic) bond motifs is 1. The summed E-state index contributed by atoms with van der Waals surface area (Å²) in [5.41, 5.74) is 3.92. The van der Waals surface area contributed by atoms with E-state index in [0.717, 1.165) is 11.5 Å². The molecule has 2 aliphatic rings. The quantitative estimate of drug-likeness (QED) is 0.513. The number of rotatable bonds is 2. The molecule has 2 aliphatic heterocycles. The van der Waals surface area contributed by atoms with E-state index >= 15 is 0 Å². The number of methoxy groups -OCH3 is 1. The molecular formula is C9H12N4O2S. The highest BCUT2D eigenvalue weighted by Crippen LogP contribution is 2.16. The minimum absolute atomic E-state index is 0.125. The number of allylic oxidation sites excluding steroid dienone is 1. The van der Waals surface area contributed by atoms with Crippen LogP contribution < -0.4 is 10.9 Å². The molecule has 2 N–H and O–H groups in total. The number of esters is 1. The van der Waals surface area contributed by atoms with Crippen molar-refractivity contribution in [2.75, 3.05) is 13.7 Å². The van der Waals surface area contributed by atoms with Crippen molar-refractivity contribution >= 4 is 23.2 Å². The van der Waals surface area contributed by atoms with Crippen LogP contribution in [0.25, 0.3) is 0 Å². The summed E-state index contributed by atoms with van der Waals surface area (Å²) in [7, 11) is 1.35. The molecule has 2 rings (SSSR count). The van der Waals surface area contributed by atoms with Gasteiger partial charge in [0.15, 0.2) is 0 Å². The number of hydrazine groups is 2. The number of hydrogen-bond acceptors (Lipinski definition) is 6. The summed E-state index contributed by atoms with van der Waals surface area (Å²) in [5, 5.41) is 6.42. The second-order valence-electron chi connectivity index (χ2n) is 3.44. The Balaban J connectivity index is 2.07. The van der Waals surface area contributed by atoms with Gasteiger partial charge in [0, 0.05) is 5.70 Å². The molecule has 0 atom stereocenters. The Labute approximate surface area is 98.5 Å². The van der Waals surface area contributed by atoms with Crippen LogP contribution in [0.4, 0.5) is 0 Å². The summed E-state index contributed by atoms with van der Waals surface area (Å²) in [5.74, 6) is 0.480. The Morgan fingerprint density at radius 1 is 1.62 bits per heavy atom. The first-order chi connectivity index (χ1) is 7.60. The fraction of sp³-hybridized carbons (Fsp3) is 0.333. The molecule has 0 radical (unpaired) electrons. The van der Waals surface area contributed by atoms with Crippen molar-refractivity contribution in [3.05, 3.63) is 23.8 Å². The monoisotopic (exact) mass is 240 g/mol. The molecule has 86 valence electrons. The number of ether oxygens (including phenoxy) is 1. The third-order valence-electron chi connectivity index (χ3n) is 2.16. The number of nitrogens with zero attached hydrogens (tertiary/aromatic N) is 2. The number of nitrogens with one attached hydrogen (secondary N) is 2. The molecule has 0 amide bonds. The van der Waals surface area contributed by atoms with E-state index in [-0.39, 0.29) is 12.5 Å². The third kappa shape index (κ3) is 2.00. The smallest absolute Gasteiger partial charge is 0.326 e. The lowest BCUT2D eigenvalue weighted by Gasteiger charge is -2.27. The molecule has 0 aromatic carbocycles. The van der Waals surface area contributed by atoms with E-state index in [9.17, 15) is 4.79 Å². The van der Waals surface area contributed by atoms with Gasteiger partial charge in [-0.05, 0) is 13.0 Å². The zero-order chi connectivity index (χ0) is 11.7. The molecule has 7 heteroatoms. The van der Waals surface area contributed by atoms with Gasteiger partial charge in [-0.25, -0.2) is 5.01 Å². The van der Waals surface area contributed by atoms with Crippen molar-refractivity contribution in [1.82, 2.24) is 20.9 Å². The zero-order valence-electron chi connectivity index (χ0n) is 8.98. The zero-order valence-corrected chi connectivity index (χ0v) is 9.80. The summed E-state index contributed by atoms with van der Waals surface area (Å²) in [4.78, 5) is 11.7. The van der Waals surface area contributed by atoms with Gasteiger partial charge < -0.3 is 10.1 Å². The van der Waals surface area contributed by atoms with Gasteiger partial charge in [-0.2, -0.15) is 0 Å². The average Bonchev–Trinajstić information content (AvgIpc) is 2.60. The molecule has 0 aromatic heterocycles. The number of carbonyl (C=O) groups is 1. The Hall–Kier alpha value is -1.60. The number of thiocarbonyl (C=S) groups is 1. The van der Waals surface area contributed by atoms with E-state index in [4.69, 9.17) is 12.2 Å². The van der Waals surface area contributed by atoms with Crippen LogP contribution in [-0.4, -0.2) is 34.6 Å². The molecule has 0 saturated carbocycles. The maximum absolute atomic E-state index is 11.1. The molecule has 0 bridgehead atoms. The van der Waals surface area contributed by atoms with Gasteiger partial charge >= 0.3 is 5.97 Å². The van der Waals surface area contributed by atoms with E-state index in [2.05, 4.69) is 15.6 Å². The van der Waals surface area contributed by atoms with Gasteiger partial charge in [-0.1, -0.05) is 12.2 Å². The fourth-order valence-corrected chi connectivity index (χ4v) is 1.76. The lowest BCUT2D eigenvalue weighted by Crippen LogP contribution is -2.47. The lowest BCUT2D eigenvalue weighted by molar-refractivity contribution is -0.142. The van der Waals surface area contributed by atoms with E-state index in [1.54, 1.807) is 16.2 Å². The molecule has 16 heavy (non-hydrogen) atoms. The molecule has 0 aliphatic carbocycles. The van der Waals surface area contributed by atoms with Gasteiger partial charge in [-0.15, -0.1) is 5.53 Å². The summed E-state index contributed by atoms with van der Waals surface area (Å²) in [6.45, 7) is 2.05. The molecule has 0 unspecified atom stereocenters. The summed E-state index contributed by atoms with van der Waals surface area (Å²) in [6, 6.07) is 0. The van der Waals surface area contributed by atoms with Crippen LogP contribution in [0.5, 0.6) is 0 Å². The van der Waals surface area contributed by atoms with Crippen LogP contribution in [0.1, 0.15) is 6.92 Å². The molecule has 0 spiro atoms. The van der Waals surface area contributed by atoms with Crippen molar-refractivity contribution in [3.8, 4) is 0 Å². The minimum Gasteiger partial charge on any atom is -0.468 e. The van der Waals surface area contributed by atoms with Crippen molar-refractivity contribution in [3.63, 3.8) is 0 Å². The van der Waals surface area contributed by atoms with Crippen molar-refractivity contribution in [1.29, 1.82) is 0 Å². The maximum Gasteiger partial charge on any atom is 0.326 e. The minimum atomic E-state index is -0.320. The second kappa shape index (κ2) is 4.11. The average molecular weight is 240 g/mol. The first-order valence-electron chi connectivity index (χ1n) is 4.71. The van der Waals surface area contributed by atoms with Gasteiger partial charge in [0.1, 0.15) is 17.4 Å². The van der Waals surface area contributed by atoms with Crippen LogP contribution in [0.3, 0.4) is 0 Å². The van der Waals surface area contributed by atoms with Crippen LogP contribution in [-0.2, 0) is 9.53 Å². The van der Waals surface area contributed by atoms with Crippen LogP contribution in [0.15, 0.2) is 23.8 Å². The van der Waals surface area contributed by atoms with Crippen molar-refractivity contribution < 1.29 is 9.53 Å². The van der Waals surface area contributed by atoms with Crippen LogP contribution >= 0.6 is 12.2 Å². The van der Waals surface area contributed by atoms with E-state index in [0.29, 0.717) is 4.99 Å². The third-order valence-corrected chi connectivity index (χ3v) is 2.46. The van der Waals surface area contributed by atoms with E-state index in [1.807, 2.05) is 13.0 Å². The summed E-state index contributed by atoms with van der Waals surface area (Å²) < 4.78 is 4.58. The van der Waals surface area contributed by atoms with Crippen LogP contribution in [0.2, 0.25) is 0 Å². The highest BCUT2D eigenvalue weighted by molar-refractivity contribution is 7.80. The summed E-state index contributed by atoms with van der Waals surface area (Å²) in [6.07, 6.45) is 3.60.